The van der Waals surface area contributed by atoms with E-state index < -0.39 is 21.0 Å². The van der Waals surface area contributed by atoms with Crippen LogP contribution in [-0.2, 0) is 14.3 Å². The van der Waals surface area contributed by atoms with Crippen LogP contribution in [0.3, 0.4) is 0 Å². The van der Waals surface area contributed by atoms with Gasteiger partial charge >= 0.3 is 0 Å². The van der Waals surface area contributed by atoms with Gasteiger partial charge in [-0.3, -0.25) is 14.3 Å². The van der Waals surface area contributed by atoms with E-state index in [1.807, 2.05) is 0 Å². The highest BCUT2D eigenvalue weighted by molar-refractivity contribution is 7.86. The third-order valence-corrected chi connectivity index (χ3v) is 4.93. The zero-order chi connectivity index (χ0) is 16.4. The second-order valence-corrected chi connectivity index (χ2v) is 6.90. The van der Waals surface area contributed by atoms with Gasteiger partial charge in [0.2, 0.25) is 5.92 Å². The van der Waals surface area contributed by atoms with Crippen LogP contribution in [0, 0.1) is 16.0 Å². The molecule has 0 aromatic heterocycles. The number of nitro benzene ring substituents is 1. The third-order valence-electron chi connectivity index (χ3n) is 3.63. The van der Waals surface area contributed by atoms with E-state index in [9.17, 15) is 27.3 Å². The van der Waals surface area contributed by atoms with E-state index in [-0.39, 0.29) is 48.8 Å². The Morgan fingerprint density at radius 2 is 1.77 bits per heavy atom. The molecule has 0 unspecified atom stereocenters. The standard InChI is InChI=1S/C13H15F2NO5S/c14-13(15)7-5-10(6-8-13)9-21-22(19,20)12-3-1-11(2-4-12)16(17)18/h1-4,10H,5-9H2. The fourth-order valence-electron chi connectivity index (χ4n) is 2.25. The number of halogens is 2. The monoisotopic (exact) mass is 335 g/mol. The summed E-state index contributed by atoms with van der Waals surface area (Å²) < 4.78 is 54.8. The minimum Gasteiger partial charge on any atom is -0.266 e. The van der Waals surface area contributed by atoms with Crippen LogP contribution < -0.4 is 0 Å². The minimum atomic E-state index is -4.04. The quantitative estimate of drug-likeness (QED) is 0.469. The lowest BCUT2D eigenvalue weighted by Gasteiger charge is -2.27. The Morgan fingerprint density at radius 3 is 2.27 bits per heavy atom. The highest BCUT2D eigenvalue weighted by Gasteiger charge is 2.35. The number of alkyl halides is 2. The van der Waals surface area contributed by atoms with Crippen molar-refractivity contribution in [3.05, 3.63) is 34.4 Å². The molecule has 0 amide bonds. The first kappa shape index (κ1) is 16.8. The van der Waals surface area contributed by atoms with Crippen LogP contribution in [0.25, 0.3) is 0 Å². The molecule has 0 spiro atoms. The van der Waals surface area contributed by atoms with Gasteiger partial charge in [-0.25, -0.2) is 8.78 Å². The third kappa shape index (κ3) is 4.20. The molecule has 22 heavy (non-hydrogen) atoms. The van der Waals surface area contributed by atoms with Crippen molar-refractivity contribution in [2.45, 2.75) is 36.5 Å². The van der Waals surface area contributed by atoms with Crippen LogP contribution in [0.15, 0.2) is 29.2 Å². The van der Waals surface area contributed by atoms with Gasteiger partial charge < -0.3 is 0 Å². The fourth-order valence-corrected chi connectivity index (χ4v) is 3.23. The number of nitro groups is 1. The van der Waals surface area contributed by atoms with Gasteiger partial charge in [-0.15, -0.1) is 0 Å². The molecule has 122 valence electrons. The highest BCUT2D eigenvalue weighted by atomic mass is 32.2. The summed E-state index contributed by atoms with van der Waals surface area (Å²) in [4.78, 5) is 9.68. The van der Waals surface area contributed by atoms with Gasteiger partial charge in [0.25, 0.3) is 15.8 Å². The predicted octanol–water partition coefficient (Wildman–Crippen LogP) is 3.13. The van der Waals surface area contributed by atoms with Crippen LogP contribution >= 0.6 is 0 Å². The zero-order valence-electron chi connectivity index (χ0n) is 11.6. The lowest BCUT2D eigenvalue weighted by molar-refractivity contribution is -0.384. The fraction of sp³-hybridized carbons (Fsp3) is 0.538. The topological polar surface area (TPSA) is 86.5 Å². The molecule has 0 N–H and O–H groups in total. The summed E-state index contributed by atoms with van der Waals surface area (Å²) in [6, 6.07) is 4.31. The maximum atomic E-state index is 13.0. The number of benzene rings is 1. The molecule has 0 heterocycles. The second-order valence-electron chi connectivity index (χ2n) is 5.29. The van der Waals surface area contributed by atoms with Gasteiger partial charge in [0, 0.05) is 25.0 Å². The Labute approximate surface area is 126 Å². The number of hydrogen-bond donors (Lipinski definition) is 0. The van der Waals surface area contributed by atoms with E-state index >= 15 is 0 Å². The Morgan fingerprint density at radius 1 is 1.23 bits per heavy atom. The van der Waals surface area contributed by atoms with E-state index in [0.29, 0.717) is 0 Å². The summed E-state index contributed by atoms with van der Waals surface area (Å²) in [5.41, 5.74) is -0.228. The molecule has 1 aliphatic carbocycles. The van der Waals surface area contributed by atoms with E-state index in [1.54, 1.807) is 0 Å². The van der Waals surface area contributed by atoms with Gasteiger partial charge in [-0.05, 0) is 30.9 Å². The molecule has 0 bridgehead atoms. The first-order chi connectivity index (χ1) is 10.2. The first-order valence-corrected chi connectivity index (χ1v) is 8.12. The highest BCUT2D eigenvalue weighted by Crippen LogP contribution is 2.36. The summed E-state index contributed by atoms with van der Waals surface area (Å²) in [6.45, 7) is -0.157. The number of rotatable bonds is 5. The number of non-ortho nitro benzene ring substituents is 1. The summed E-state index contributed by atoms with van der Waals surface area (Å²) in [7, 11) is -4.04. The molecular formula is C13H15F2NO5S. The molecule has 0 aliphatic heterocycles. The van der Waals surface area contributed by atoms with Crippen LogP contribution in [0.5, 0.6) is 0 Å². The smallest absolute Gasteiger partial charge is 0.266 e. The van der Waals surface area contributed by atoms with Crippen molar-refractivity contribution in [3.63, 3.8) is 0 Å². The summed E-state index contributed by atoms with van der Waals surface area (Å²) in [6.07, 6.45) is -0.108. The largest absolute Gasteiger partial charge is 0.296 e. The molecule has 6 nitrogen and oxygen atoms in total. The lowest BCUT2D eigenvalue weighted by Crippen LogP contribution is -2.27. The maximum absolute atomic E-state index is 13.0. The molecule has 1 fully saturated rings. The number of hydrogen-bond acceptors (Lipinski definition) is 5. The molecule has 1 saturated carbocycles. The van der Waals surface area contributed by atoms with E-state index in [0.717, 1.165) is 24.3 Å². The average Bonchev–Trinajstić information content (AvgIpc) is 2.46. The van der Waals surface area contributed by atoms with Gasteiger partial charge in [-0.2, -0.15) is 8.42 Å². The minimum absolute atomic E-state index is 0.157. The van der Waals surface area contributed by atoms with Gasteiger partial charge in [0.1, 0.15) is 0 Å². The average molecular weight is 335 g/mol. The van der Waals surface area contributed by atoms with Gasteiger partial charge in [0.05, 0.1) is 16.4 Å². The Hall–Kier alpha value is -1.61. The van der Waals surface area contributed by atoms with Gasteiger partial charge in [0.15, 0.2) is 0 Å². The molecule has 1 aromatic rings. The molecule has 1 aliphatic rings. The Kier molecular flexibility index (Phi) is 4.76. The van der Waals surface area contributed by atoms with Crippen molar-refractivity contribution < 1.29 is 26.3 Å². The Bertz CT molecular complexity index is 635. The lowest BCUT2D eigenvalue weighted by atomic mass is 9.87. The second kappa shape index (κ2) is 6.25. The van der Waals surface area contributed by atoms with Crippen LogP contribution in [0.2, 0.25) is 0 Å². The van der Waals surface area contributed by atoms with Crippen molar-refractivity contribution in [1.82, 2.24) is 0 Å². The van der Waals surface area contributed by atoms with E-state index in [1.165, 1.54) is 0 Å². The van der Waals surface area contributed by atoms with E-state index in [2.05, 4.69) is 0 Å². The van der Waals surface area contributed by atoms with Crippen molar-refractivity contribution >= 4 is 15.8 Å². The van der Waals surface area contributed by atoms with Crippen LogP contribution in [0.1, 0.15) is 25.7 Å². The zero-order valence-corrected chi connectivity index (χ0v) is 12.4. The van der Waals surface area contributed by atoms with Crippen LogP contribution in [0.4, 0.5) is 14.5 Å². The summed E-state index contributed by atoms with van der Waals surface area (Å²) in [5.74, 6) is -2.90. The molecule has 0 radical (unpaired) electrons. The molecule has 0 atom stereocenters. The first-order valence-electron chi connectivity index (χ1n) is 6.71. The molecule has 0 saturated heterocycles. The SMILES string of the molecule is O=[N+]([O-])c1ccc(S(=O)(=O)OCC2CCC(F)(F)CC2)cc1. The van der Waals surface area contributed by atoms with Crippen molar-refractivity contribution in [2.24, 2.45) is 5.92 Å². The van der Waals surface area contributed by atoms with Crippen molar-refractivity contribution in [2.75, 3.05) is 6.61 Å². The molecule has 1 aromatic carbocycles. The summed E-state index contributed by atoms with van der Waals surface area (Å²) >= 11 is 0. The molecule has 9 heteroatoms. The number of nitrogens with zero attached hydrogens (tertiary/aromatic N) is 1. The van der Waals surface area contributed by atoms with Crippen molar-refractivity contribution in [3.8, 4) is 0 Å². The molecular weight excluding hydrogens is 320 g/mol. The normalized spacial score (nSPS) is 19.0. The maximum Gasteiger partial charge on any atom is 0.296 e. The molecule has 2 rings (SSSR count). The van der Waals surface area contributed by atoms with Gasteiger partial charge in [-0.1, -0.05) is 0 Å². The van der Waals surface area contributed by atoms with Crippen LogP contribution in [-0.4, -0.2) is 25.9 Å². The summed E-state index contributed by atoms with van der Waals surface area (Å²) in [5, 5.41) is 10.5. The van der Waals surface area contributed by atoms with E-state index in [4.69, 9.17) is 4.18 Å². The Balaban J connectivity index is 1.95. The predicted molar refractivity (Wildman–Crippen MR) is 73.1 cm³/mol. The van der Waals surface area contributed by atoms with Crippen molar-refractivity contribution in [1.29, 1.82) is 0 Å².